The minimum Gasteiger partial charge on any atom is -0.490 e. The Bertz CT molecular complexity index is 593. The first-order chi connectivity index (χ1) is 10.1. The smallest absolute Gasteiger partial charge is 0.204 e. The molecule has 0 aliphatic rings. The third-order valence-corrected chi connectivity index (χ3v) is 3.03. The molecule has 5 nitrogen and oxygen atoms in total. The number of nitrogens with one attached hydrogen (secondary N) is 2. The van der Waals surface area contributed by atoms with Crippen molar-refractivity contribution in [3.8, 4) is 5.75 Å². The Labute approximate surface area is 125 Å². The second-order valence-electron chi connectivity index (χ2n) is 5.03. The minimum atomic E-state index is 0.630. The van der Waals surface area contributed by atoms with Crippen LogP contribution in [0.15, 0.2) is 24.5 Å². The average molecular weight is 286 g/mol. The zero-order chi connectivity index (χ0) is 15.2. The van der Waals surface area contributed by atoms with Gasteiger partial charge in [-0.1, -0.05) is 13.0 Å². The monoisotopic (exact) mass is 286 g/mol. The zero-order valence-corrected chi connectivity index (χ0v) is 13.0. The standard InChI is InChI=1S/C16H22N4O/c1-5-6-17-15-14(21-4)16(19-10-18-15)20-13-8-11(2)7-12(3)9-13/h7-10H,5-6H2,1-4H3,(H2,17,18,19,20). The van der Waals surface area contributed by atoms with E-state index in [1.54, 1.807) is 7.11 Å². The lowest BCUT2D eigenvalue weighted by atomic mass is 10.1. The van der Waals surface area contributed by atoms with Gasteiger partial charge in [0.25, 0.3) is 0 Å². The molecule has 0 spiro atoms. The van der Waals surface area contributed by atoms with E-state index in [-0.39, 0.29) is 0 Å². The molecule has 1 aromatic carbocycles. The van der Waals surface area contributed by atoms with Gasteiger partial charge in [-0.25, -0.2) is 9.97 Å². The normalized spacial score (nSPS) is 10.3. The van der Waals surface area contributed by atoms with Gasteiger partial charge >= 0.3 is 0 Å². The van der Waals surface area contributed by atoms with E-state index in [0.29, 0.717) is 17.4 Å². The van der Waals surface area contributed by atoms with E-state index in [2.05, 4.69) is 59.6 Å². The number of benzene rings is 1. The molecule has 0 atom stereocenters. The van der Waals surface area contributed by atoms with Crippen LogP contribution in [0.25, 0.3) is 0 Å². The number of methoxy groups -OCH3 is 1. The first-order valence-electron chi connectivity index (χ1n) is 7.12. The second-order valence-corrected chi connectivity index (χ2v) is 5.03. The molecule has 0 saturated carbocycles. The van der Waals surface area contributed by atoms with Crippen LogP contribution in [0.1, 0.15) is 24.5 Å². The fraction of sp³-hybridized carbons (Fsp3) is 0.375. The van der Waals surface area contributed by atoms with Crippen LogP contribution in [-0.2, 0) is 0 Å². The maximum Gasteiger partial charge on any atom is 0.204 e. The third-order valence-electron chi connectivity index (χ3n) is 3.03. The Kier molecular flexibility index (Phi) is 4.98. The van der Waals surface area contributed by atoms with Gasteiger partial charge in [0.1, 0.15) is 6.33 Å². The molecule has 1 aromatic heterocycles. The van der Waals surface area contributed by atoms with Gasteiger partial charge in [0.2, 0.25) is 5.75 Å². The molecule has 2 aromatic rings. The molecule has 2 N–H and O–H groups in total. The van der Waals surface area contributed by atoms with Crippen LogP contribution >= 0.6 is 0 Å². The molecule has 21 heavy (non-hydrogen) atoms. The van der Waals surface area contributed by atoms with Gasteiger partial charge in [-0.05, 0) is 43.5 Å². The van der Waals surface area contributed by atoms with E-state index in [1.165, 1.54) is 17.5 Å². The predicted molar refractivity (Wildman–Crippen MR) is 86.6 cm³/mol. The molecule has 1 heterocycles. The molecule has 0 fully saturated rings. The van der Waals surface area contributed by atoms with Crippen LogP contribution in [0.4, 0.5) is 17.3 Å². The lowest BCUT2D eigenvalue weighted by molar-refractivity contribution is 0.415. The summed E-state index contributed by atoms with van der Waals surface area (Å²) in [4.78, 5) is 8.52. The van der Waals surface area contributed by atoms with E-state index in [1.807, 2.05) is 0 Å². The van der Waals surface area contributed by atoms with Crippen molar-refractivity contribution in [1.29, 1.82) is 0 Å². The lowest BCUT2D eigenvalue weighted by Crippen LogP contribution is -2.07. The molecular formula is C16H22N4O. The average Bonchev–Trinajstić information content (AvgIpc) is 2.44. The summed E-state index contributed by atoms with van der Waals surface area (Å²) in [5.41, 5.74) is 3.40. The molecule has 0 aliphatic heterocycles. The molecule has 0 aliphatic carbocycles. The molecule has 0 radical (unpaired) electrons. The highest BCUT2D eigenvalue weighted by Crippen LogP contribution is 2.31. The zero-order valence-electron chi connectivity index (χ0n) is 13.0. The highest BCUT2D eigenvalue weighted by atomic mass is 16.5. The molecule has 0 amide bonds. The number of hydrogen-bond donors (Lipinski definition) is 2. The first-order valence-corrected chi connectivity index (χ1v) is 7.12. The number of rotatable bonds is 6. The summed E-state index contributed by atoms with van der Waals surface area (Å²) in [6.07, 6.45) is 2.55. The van der Waals surface area contributed by atoms with Gasteiger partial charge in [0.15, 0.2) is 11.6 Å². The molecule has 2 rings (SSSR count). The fourth-order valence-electron chi connectivity index (χ4n) is 2.21. The quantitative estimate of drug-likeness (QED) is 0.848. The summed E-state index contributed by atoms with van der Waals surface area (Å²) >= 11 is 0. The van der Waals surface area contributed by atoms with Crippen LogP contribution in [0.2, 0.25) is 0 Å². The van der Waals surface area contributed by atoms with E-state index in [9.17, 15) is 0 Å². The summed E-state index contributed by atoms with van der Waals surface area (Å²) in [5, 5.41) is 6.55. The highest BCUT2D eigenvalue weighted by molar-refractivity contribution is 5.69. The van der Waals surface area contributed by atoms with Crippen molar-refractivity contribution in [3.05, 3.63) is 35.7 Å². The summed E-state index contributed by atoms with van der Waals surface area (Å²) in [6.45, 7) is 7.10. The highest BCUT2D eigenvalue weighted by Gasteiger charge is 2.12. The number of nitrogens with zero attached hydrogens (tertiary/aromatic N) is 2. The molecular weight excluding hydrogens is 264 g/mol. The van der Waals surface area contributed by atoms with Gasteiger partial charge in [-0.15, -0.1) is 0 Å². The van der Waals surface area contributed by atoms with Crippen LogP contribution in [-0.4, -0.2) is 23.6 Å². The number of hydrogen-bond acceptors (Lipinski definition) is 5. The van der Waals surface area contributed by atoms with Gasteiger partial charge in [0.05, 0.1) is 7.11 Å². The van der Waals surface area contributed by atoms with Crippen molar-refractivity contribution in [1.82, 2.24) is 9.97 Å². The SMILES string of the molecule is CCCNc1ncnc(Nc2cc(C)cc(C)c2)c1OC. The molecule has 5 heteroatoms. The van der Waals surface area contributed by atoms with Crippen molar-refractivity contribution in [2.45, 2.75) is 27.2 Å². The van der Waals surface area contributed by atoms with Gasteiger partial charge in [-0.2, -0.15) is 0 Å². The van der Waals surface area contributed by atoms with Gasteiger partial charge < -0.3 is 15.4 Å². The summed E-state index contributed by atoms with van der Waals surface area (Å²) in [7, 11) is 1.63. The Morgan fingerprint density at radius 1 is 1.05 bits per heavy atom. The van der Waals surface area contributed by atoms with Crippen molar-refractivity contribution in [2.24, 2.45) is 0 Å². The fourth-order valence-corrected chi connectivity index (χ4v) is 2.21. The maximum absolute atomic E-state index is 5.46. The first kappa shape index (κ1) is 15.1. The minimum absolute atomic E-state index is 0.630. The summed E-state index contributed by atoms with van der Waals surface area (Å²) < 4.78 is 5.46. The van der Waals surface area contributed by atoms with E-state index < -0.39 is 0 Å². The molecule has 0 bridgehead atoms. The van der Waals surface area contributed by atoms with E-state index in [4.69, 9.17) is 4.74 Å². The van der Waals surface area contributed by atoms with Crippen LogP contribution in [0.5, 0.6) is 5.75 Å². The number of aryl methyl sites for hydroxylation is 2. The Hall–Kier alpha value is -2.30. The Morgan fingerprint density at radius 2 is 1.71 bits per heavy atom. The third kappa shape index (κ3) is 3.84. The van der Waals surface area contributed by atoms with Crippen LogP contribution in [0.3, 0.4) is 0 Å². The van der Waals surface area contributed by atoms with Crippen molar-refractivity contribution in [3.63, 3.8) is 0 Å². The predicted octanol–water partition coefficient (Wildman–Crippen LogP) is 3.67. The van der Waals surface area contributed by atoms with Gasteiger partial charge in [-0.3, -0.25) is 0 Å². The van der Waals surface area contributed by atoms with Gasteiger partial charge in [0, 0.05) is 12.2 Å². The van der Waals surface area contributed by atoms with Crippen LogP contribution < -0.4 is 15.4 Å². The topological polar surface area (TPSA) is 59.1 Å². The van der Waals surface area contributed by atoms with E-state index >= 15 is 0 Å². The molecule has 0 unspecified atom stereocenters. The second kappa shape index (κ2) is 6.92. The summed E-state index contributed by atoms with van der Waals surface area (Å²) in [6, 6.07) is 6.29. The molecule has 112 valence electrons. The number of anilines is 3. The summed E-state index contributed by atoms with van der Waals surface area (Å²) in [5.74, 6) is 2.00. The van der Waals surface area contributed by atoms with Crippen molar-refractivity contribution in [2.75, 3.05) is 24.3 Å². The Morgan fingerprint density at radius 3 is 2.33 bits per heavy atom. The van der Waals surface area contributed by atoms with Crippen molar-refractivity contribution < 1.29 is 4.74 Å². The lowest BCUT2D eigenvalue weighted by Gasteiger charge is -2.14. The Balaban J connectivity index is 2.30. The van der Waals surface area contributed by atoms with Crippen LogP contribution in [0, 0.1) is 13.8 Å². The maximum atomic E-state index is 5.46. The number of aromatic nitrogens is 2. The largest absolute Gasteiger partial charge is 0.490 e. The van der Waals surface area contributed by atoms with E-state index in [0.717, 1.165) is 18.7 Å². The number of ether oxygens (including phenoxy) is 1. The van der Waals surface area contributed by atoms with Crippen molar-refractivity contribution >= 4 is 17.3 Å². The molecule has 0 saturated heterocycles.